The van der Waals surface area contributed by atoms with Crippen molar-refractivity contribution in [2.45, 2.75) is 57.2 Å². The molecule has 108 valence electrons. The summed E-state index contributed by atoms with van der Waals surface area (Å²) in [6, 6.07) is 0. The van der Waals surface area contributed by atoms with Gasteiger partial charge >= 0.3 is 0 Å². The zero-order valence-corrected chi connectivity index (χ0v) is 11.6. The van der Waals surface area contributed by atoms with Gasteiger partial charge in [0.25, 0.3) is 0 Å². The molecule has 0 spiro atoms. The van der Waals surface area contributed by atoms with Crippen LogP contribution in [0, 0.1) is 11.8 Å². The quantitative estimate of drug-likeness (QED) is 0.844. The van der Waals surface area contributed by atoms with Crippen LogP contribution in [-0.2, 0) is 9.53 Å². The lowest BCUT2D eigenvalue weighted by Crippen LogP contribution is -2.32. The Morgan fingerprint density at radius 2 is 2.11 bits per heavy atom. The molecule has 0 aromatic carbocycles. The van der Waals surface area contributed by atoms with E-state index in [1.165, 1.54) is 6.42 Å². The minimum absolute atomic E-state index is 0.176. The van der Waals surface area contributed by atoms with Crippen molar-refractivity contribution in [1.29, 1.82) is 0 Å². The Morgan fingerprint density at radius 3 is 2.84 bits per heavy atom. The molecule has 4 atom stereocenters. The smallest absolute Gasteiger partial charge is 0.222 e. The van der Waals surface area contributed by atoms with Crippen LogP contribution in [0.4, 0.5) is 0 Å². The number of likely N-dealkylation sites (tertiary alicyclic amines) is 1. The van der Waals surface area contributed by atoms with E-state index < -0.39 is 0 Å². The number of ether oxygens (including phenoxy) is 1. The van der Waals surface area contributed by atoms with Gasteiger partial charge in [-0.2, -0.15) is 0 Å². The molecule has 4 heteroatoms. The van der Waals surface area contributed by atoms with Gasteiger partial charge in [0.05, 0.1) is 12.2 Å². The van der Waals surface area contributed by atoms with E-state index in [4.69, 9.17) is 4.74 Å². The van der Waals surface area contributed by atoms with E-state index in [1.807, 2.05) is 4.90 Å². The summed E-state index contributed by atoms with van der Waals surface area (Å²) in [5.74, 6) is 1.15. The van der Waals surface area contributed by atoms with E-state index in [0.29, 0.717) is 24.4 Å². The van der Waals surface area contributed by atoms with Gasteiger partial charge in [-0.25, -0.2) is 0 Å². The molecule has 4 nitrogen and oxygen atoms in total. The zero-order valence-electron chi connectivity index (χ0n) is 11.6. The second-order valence-corrected chi connectivity index (χ2v) is 6.39. The van der Waals surface area contributed by atoms with E-state index >= 15 is 0 Å². The second kappa shape index (κ2) is 5.80. The number of aliphatic hydroxyl groups excluding tert-OH is 1. The molecule has 0 radical (unpaired) electrons. The number of nitrogens with zero attached hydrogens (tertiary/aromatic N) is 1. The molecular formula is C15H25NO3. The minimum Gasteiger partial charge on any atom is -0.393 e. The summed E-state index contributed by atoms with van der Waals surface area (Å²) < 4.78 is 5.67. The maximum absolute atomic E-state index is 12.2. The Balaban J connectivity index is 1.44. The highest BCUT2D eigenvalue weighted by Crippen LogP contribution is 2.38. The molecule has 4 unspecified atom stereocenters. The average molecular weight is 267 g/mol. The predicted octanol–water partition coefficient (Wildman–Crippen LogP) is 1.56. The first kappa shape index (κ1) is 13.4. The monoisotopic (exact) mass is 267 g/mol. The number of carbonyl (C=O) groups excluding carboxylic acids is 1. The van der Waals surface area contributed by atoms with Crippen molar-refractivity contribution in [2.24, 2.45) is 11.8 Å². The van der Waals surface area contributed by atoms with Crippen LogP contribution in [0.25, 0.3) is 0 Å². The summed E-state index contributed by atoms with van der Waals surface area (Å²) in [6.07, 6.45) is 7.12. The summed E-state index contributed by atoms with van der Waals surface area (Å²) in [7, 11) is 0. The van der Waals surface area contributed by atoms with Crippen LogP contribution in [0.5, 0.6) is 0 Å². The Kier molecular flexibility index (Phi) is 4.08. The van der Waals surface area contributed by atoms with Crippen molar-refractivity contribution in [3.63, 3.8) is 0 Å². The normalized spacial score (nSPS) is 38.5. The molecular weight excluding hydrogens is 242 g/mol. The van der Waals surface area contributed by atoms with Gasteiger partial charge in [0.15, 0.2) is 0 Å². The molecule has 1 saturated carbocycles. The van der Waals surface area contributed by atoms with E-state index in [2.05, 4.69) is 0 Å². The lowest BCUT2D eigenvalue weighted by Gasteiger charge is -2.24. The summed E-state index contributed by atoms with van der Waals surface area (Å²) in [4.78, 5) is 14.2. The fourth-order valence-corrected chi connectivity index (χ4v) is 3.92. The van der Waals surface area contributed by atoms with E-state index in [9.17, 15) is 9.90 Å². The molecule has 3 rings (SSSR count). The van der Waals surface area contributed by atoms with Crippen LogP contribution in [0.1, 0.15) is 44.9 Å². The average Bonchev–Trinajstić information content (AvgIpc) is 3.00. The molecule has 1 N–H and O–H groups in total. The van der Waals surface area contributed by atoms with Gasteiger partial charge in [-0.3, -0.25) is 4.79 Å². The first-order chi connectivity index (χ1) is 9.24. The summed E-state index contributed by atoms with van der Waals surface area (Å²) in [5, 5.41) is 9.87. The standard InChI is InChI=1S/C15H25NO3/c17-14-6-4-11-9-16(10-13(11)14)15(18)7-5-12-3-1-2-8-19-12/h11-14,17H,1-10H2. The molecule has 2 heterocycles. The molecule has 19 heavy (non-hydrogen) atoms. The third-order valence-electron chi connectivity index (χ3n) is 5.13. The zero-order chi connectivity index (χ0) is 13.2. The number of aliphatic hydroxyl groups is 1. The molecule has 0 aromatic heterocycles. The molecule has 0 bridgehead atoms. The van der Waals surface area contributed by atoms with Crippen LogP contribution >= 0.6 is 0 Å². The van der Waals surface area contributed by atoms with Crippen LogP contribution in [-0.4, -0.2) is 47.8 Å². The van der Waals surface area contributed by atoms with Crippen molar-refractivity contribution in [1.82, 2.24) is 4.90 Å². The fraction of sp³-hybridized carbons (Fsp3) is 0.933. The van der Waals surface area contributed by atoms with Crippen LogP contribution in [0.2, 0.25) is 0 Å². The minimum atomic E-state index is -0.176. The number of hydrogen-bond acceptors (Lipinski definition) is 3. The molecule has 1 aliphatic carbocycles. The highest BCUT2D eigenvalue weighted by molar-refractivity contribution is 5.76. The van der Waals surface area contributed by atoms with Crippen LogP contribution in [0.3, 0.4) is 0 Å². The number of hydrogen-bond donors (Lipinski definition) is 1. The predicted molar refractivity (Wildman–Crippen MR) is 71.6 cm³/mol. The summed E-state index contributed by atoms with van der Waals surface area (Å²) >= 11 is 0. The Morgan fingerprint density at radius 1 is 1.21 bits per heavy atom. The highest BCUT2D eigenvalue weighted by atomic mass is 16.5. The SMILES string of the molecule is O=C(CCC1CCCCO1)N1CC2CCC(O)C2C1. The molecule has 2 aliphatic heterocycles. The van der Waals surface area contributed by atoms with Gasteiger partial charge in [0.2, 0.25) is 5.91 Å². The van der Waals surface area contributed by atoms with Gasteiger partial charge in [-0.05, 0) is 44.4 Å². The number of carbonyl (C=O) groups is 1. The van der Waals surface area contributed by atoms with Gasteiger partial charge in [-0.15, -0.1) is 0 Å². The van der Waals surface area contributed by atoms with Gasteiger partial charge in [0.1, 0.15) is 0 Å². The number of fused-ring (bicyclic) bond motifs is 1. The largest absolute Gasteiger partial charge is 0.393 e. The molecule has 2 saturated heterocycles. The molecule has 3 fully saturated rings. The van der Waals surface area contributed by atoms with E-state index in [0.717, 1.165) is 51.8 Å². The Bertz CT molecular complexity index is 327. The molecule has 3 aliphatic rings. The molecule has 0 aromatic rings. The van der Waals surface area contributed by atoms with Crippen molar-refractivity contribution >= 4 is 5.91 Å². The maximum atomic E-state index is 12.2. The Labute approximate surface area is 115 Å². The van der Waals surface area contributed by atoms with Gasteiger partial charge < -0.3 is 14.7 Å². The van der Waals surface area contributed by atoms with Crippen LogP contribution in [0.15, 0.2) is 0 Å². The fourth-order valence-electron chi connectivity index (χ4n) is 3.92. The van der Waals surface area contributed by atoms with E-state index in [-0.39, 0.29) is 12.0 Å². The lowest BCUT2D eigenvalue weighted by molar-refractivity contribution is -0.131. The maximum Gasteiger partial charge on any atom is 0.222 e. The van der Waals surface area contributed by atoms with Crippen molar-refractivity contribution in [3.8, 4) is 0 Å². The van der Waals surface area contributed by atoms with Crippen molar-refractivity contribution in [3.05, 3.63) is 0 Å². The third kappa shape index (κ3) is 2.95. The molecule has 1 amide bonds. The topological polar surface area (TPSA) is 49.8 Å². The highest BCUT2D eigenvalue weighted by Gasteiger charge is 2.43. The number of rotatable bonds is 3. The second-order valence-electron chi connectivity index (χ2n) is 6.39. The van der Waals surface area contributed by atoms with Crippen molar-refractivity contribution in [2.75, 3.05) is 19.7 Å². The van der Waals surface area contributed by atoms with E-state index in [1.54, 1.807) is 0 Å². The van der Waals surface area contributed by atoms with Crippen molar-refractivity contribution < 1.29 is 14.6 Å². The summed E-state index contributed by atoms with van der Waals surface area (Å²) in [5.41, 5.74) is 0. The van der Waals surface area contributed by atoms with Gasteiger partial charge in [-0.1, -0.05) is 0 Å². The van der Waals surface area contributed by atoms with Gasteiger partial charge in [0, 0.05) is 32.0 Å². The summed E-state index contributed by atoms with van der Waals surface area (Å²) in [6.45, 7) is 2.50. The van der Waals surface area contributed by atoms with Crippen LogP contribution < -0.4 is 0 Å². The lowest BCUT2D eigenvalue weighted by atomic mass is 10.00. The first-order valence-electron chi connectivity index (χ1n) is 7.81. The Hall–Kier alpha value is -0.610. The number of amides is 1. The third-order valence-corrected chi connectivity index (χ3v) is 5.13. The first-order valence-corrected chi connectivity index (χ1v) is 7.81.